The second kappa shape index (κ2) is 3.88. The Kier molecular flexibility index (Phi) is 2.65. The standard InChI is InChI=1S/C14H14Cl2O2/c15-9-2-3-10(11(16)6-9)14(12(17)18)7-13(8-14)4-1-5-13/h2-3,6H,1,4-5,7-8H2,(H,17,18). The number of halogens is 2. The molecule has 0 radical (unpaired) electrons. The van der Waals surface area contributed by atoms with Crippen molar-refractivity contribution in [3.05, 3.63) is 33.8 Å². The van der Waals surface area contributed by atoms with Gasteiger partial charge in [0.2, 0.25) is 0 Å². The molecule has 4 heteroatoms. The Hall–Kier alpha value is -0.730. The third-order valence-electron chi connectivity index (χ3n) is 4.62. The summed E-state index contributed by atoms with van der Waals surface area (Å²) in [5, 5.41) is 10.6. The van der Waals surface area contributed by atoms with E-state index in [2.05, 4.69) is 0 Å². The highest BCUT2D eigenvalue weighted by Gasteiger charge is 2.62. The molecule has 0 atom stereocenters. The lowest BCUT2D eigenvalue weighted by Crippen LogP contribution is -2.57. The zero-order valence-electron chi connectivity index (χ0n) is 9.88. The molecule has 2 aliphatic carbocycles. The van der Waals surface area contributed by atoms with Gasteiger partial charge < -0.3 is 5.11 Å². The molecule has 1 aromatic carbocycles. The van der Waals surface area contributed by atoms with Gasteiger partial charge in [0.25, 0.3) is 0 Å². The largest absolute Gasteiger partial charge is 0.481 e. The molecular formula is C14H14Cl2O2. The van der Waals surface area contributed by atoms with Gasteiger partial charge >= 0.3 is 5.97 Å². The van der Waals surface area contributed by atoms with E-state index >= 15 is 0 Å². The molecule has 2 nitrogen and oxygen atoms in total. The van der Waals surface area contributed by atoms with Gasteiger partial charge in [-0.2, -0.15) is 0 Å². The second-order valence-corrected chi connectivity index (χ2v) is 6.56. The molecule has 0 bridgehead atoms. The van der Waals surface area contributed by atoms with Gasteiger partial charge in [0, 0.05) is 10.0 Å². The van der Waals surface area contributed by atoms with Gasteiger partial charge in [0.05, 0.1) is 5.41 Å². The van der Waals surface area contributed by atoms with Gasteiger partial charge in [0.15, 0.2) is 0 Å². The Morgan fingerprint density at radius 2 is 1.89 bits per heavy atom. The number of carboxylic acid groups (broad SMARTS) is 1. The van der Waals surface area contributed by atoms with Crippen molar-refractivity contribution in [1.29, 1.82) is 0 Å². The average molecular weight is 285 g/mol. The van der Waals surface area contributed by atoms with Crippen LogP contribution in [0.5, 0.6) is 0 Å². The maximum Gasteiger partial charge on any atom is 0.314 e. The maximum atomic E-state index is 11.7. The van der Waals surface area contributed by atoms with E-state index in [1.54, 1.807) is 18.2 Å². The summed E-state index contributed by atoms with van der Waals surface area (Å²) in [4.78, 5) is 11.7. The van der Waals surface area contributed by atoms with E-state index in [1.807, 2.05) is 0 Å². The van der Waals surface area contributed by atoms with E-state index in [9.17, 15) is 9.90 Å². The van der Waals surface area contributed by atoms with E-state index in [-0.39, 0.29) is 5.41 Å². The van der Waals surface area contributed by atoms with E-state index < -0.39 is 11.4 Å². The Morgan fingerprint density at radius 3 is 2.33 bits per heavy atom. The van der Waals surface area contributed by atoms with Crippen LogP contribution in [-0.2, 0) is 10.2 Å². The minimum Gasteiger partial charge on any atom is -0.481 e. The molecule has 0 heterocycles. The first-order valence-corrected chi connectivity index (χ1v) is 6.92. The molecule has 96 valence electrons. The lowest BCUT2D eigenvalue weighted by molar-refractivity contribution is -0.160. The van der Waals surface area contributed by atoms with E-state index in [4.69, 9.17) is 23.2 Å². The number of hydrogen-bond acceptors (Lipinski definition) is 1. The highest BCUT2D eigenvalue weighted by molar-refractivity contribution is 6.35. The van der Waals surface area contributed by atoms with Crippen LogP contribution in [0.15, 0.2) is 18.2 Å². The Morgan fingerprint density at radius 1 is 1.22 bits per heavy atom. The number of hydrogen-bond donors (Lipinski definition) is 1. The lowest BCUT2D eigenvalue weighted by Gasteiger charge is -2.59. The molecule has 2 aliphatic rings. The number of benzene rings is 1. The van der Waals surface area contributed by atoms with Gasteiger partial charge in [-0.05, 0) is 48.8 Å². The van der Waals surface area contributed by atoms with Crippen LogP contribution in [0.25, 0.3) is 0 Å². The maximum absolute atomic E-state index is 11.7. The number of aliphatic carboxylic acids is 1. The number of carbonyl (C=O) groups is 1. The Balaban J connectivity index is 1.98. The van der Waals surface area contributed by atoms with Crippen molar-refractivity contribution in [1.82, 2.24) is 0 Å². The Labute approximate surface area is 116 Å². The monoisotopic (exact) mass is 284 g/mol. The van der Waals surface area contributed by atoms with Crippen molar-refractivity contribution in [2.45, 2.75) is 37.5 Å². The minimum atomic E-state index is -0.790. The number of carboxylic acids is 1. The summed E-state index contributed by atoms with van der Waals surface area (Å²) in [6.07, 6.45) is 4.98. The van der Waals surface area contributed by atoms with Crippen LogP contribution in [0.3, 0.4) is 0 Å². The molecule has 1 spiro atoms. The summed E-state index contributed by atoms with van der Waals surface area (Å²) in [6, 6.07) is 5.12. The number of rotatable bonds is 2. The summed E-state index contributed by atoms with van der Waals surface area (Å²) in [5.41, 5.74) is 0.210. The van der Waals surface area contributed by atoms with E-state index in [0.29, 0.717) is 10.0 Å². The molecule has 0 unspecified atom stereocenters. The molecule has 2 fully saturated rings. The normalized spacial score (nSPS) is 23.2. The molecule has 0 amide bonds. The summed E-state index contributed by atoms with van der Waals surface area (Å²) in [7, 11) is 0. The molecule has 0 aromatic heterocycles. The highest BCUT2D eigenvalue weighted by atomic mass is 35.5. The van der Waals surface area contributed by atoms with E-state index in [1.165, 1.54) is 6.42 Å². The minimum absolute atomic E-state index is 0.279. The lowest BCUT2D eigenvalue weighted by atomic mass is 9.44. The summed E-state index contributed by atoms with van der Waals surface area (Å²) in [6.45, 7) is 0. The Bertz CT molecular complexity index is 513. The van der Waals surface area contributed by atoms with Gasteiger partial charge in [-0.15, -0.1) is 0 Å². The SMILES string of the molecule is O=C(O)C1(c2ccc(Cl)cc2Cl)CC2(CCC2)C1. The van der Waals surface area contributed by atoms with Crippen LogP contribution in [0.4, 0.5) is 0 Å². The zero-order valence-corrected chi connectivity index (χ0v) is 11.4. The molecule has 3 rings (SSSR count). The first-order chi connectivity index (χ1) is 8.47. The van der Waals surface area contributed by atoms with Gasteiger partial charge in [-0.25, -0.2) is 0 Å². The van der Waals surface area contributed by atoms with Crippen molar-refractivity contribution in [3.8, 4) is 0 Å². The van der Waals surface area contributed by atoms with Crippen molar-refractivity contribution in [2.24, 2.45) is 5.41 Å². The van der Waals surface area contributed by atoms with Crippen LogP contribution < -0.4 is 0 Å². The summed E-state index contributed by atoms with van der Waals surface area (Å²) < 4.78 is 0. The fourth-order valence-corrected chi connectivity index (χ4v) is 4.18. The quantitative estimate of drug-likeness (QED) is 0.880. The average Bonchev–Trinajstić information content (AvgIpc) is 2.16. The molecule has 2 saturated carbocycles. The molecule has 0 aliphatic heterocycles. The molecule has 1 N–H and O–H groups in total. The van der Waals surface area contributed by atoms with Crippen LogP contribution in [0, 0.1) is 5.41 Å². The van der Waals surface area contributed by atoms with Crippen LogP contribution in [-0.4, -0.2) is 11.1 Å². The highest BCUT2D eigenvalue weighted by Crippen LogP contribution is 2.65. The smallest absolute Gasteiger partial charge is 0.314 e. The zero-order chi connectivity index (χ0) is 13.0. The molecule has 18 heavy (non-hydrogen) atoms. The van der Waals surface area contributed by atoms with Crippen LogP contribution >= 0.6 is 23.2 Å². The first kappa shape index (κ1) is 12.3. The molecular weight excluding hydrogens is 271 g/mol. The third-order valence-corrected chi connectivity index (χ3v) is 5.17. The summed E-state index contributed by atoms with van der Waals surface area (Å²) in [5.74, 6) is -0.760. The fraction of sp³-hybridized carbons (Fsp3) is 0.500. The predicted molar refractivity (Wildman–Crippen MR) is 71.3 cm³/mol. The fourth-order valence-electron chi connectivity index (χ4n) is 3.59. The topological polar surface area (TPSA) is 37.3 Å². The summed E-state index contributed by atoms with van der Waals surface area (Å²) >= 11 is 12.0. The molecule has 1 aromatic rings. The van der Waals surface area contributed by atoms with Crippen molar-refractivity contribution >= 4 is 29.2 Å². The van der Waals surface area contributed by atoms with Crippen LogP contribution in [0.1, 0.15) is 37.7 Å². The van der Waals surface area contributed by atoms with E-state index in [0.717, 1.165) is 31.2 Å². The predicted octanol–water partition coefficient (Wildman–Crippen LogP) is 4.28. The van der Waals surface area contributed by atoms with Crippen molar-refractivity contribution < 1.29 is 9.90 Å². The van der Waals surface area contributed by atoms with Crippen molar-refractivity contribution in [3.63, 3.8) is 0 Å². The second-order valence-electron chi connectivity index (χ2n) is 5.72. The van der Waals surface area contributed by atoms with Gasteiger partial charge in [-0.1, -0.05) is 35.7 Å². The first-order valence-electron chi connectivity index (χ1n) is 6.17. The van der Waals surface area contributed by atoms with Gasteiger partial charge in [0.1, 0.15) is 0 Å². The molecule has 0 saturated heterocycles. The van der Waals surface area contributed by atoms with Gasteiger partial charge in [-0.3, -0.25) is 4.79 Å². The van der Waals surface area contributed by atoms with Crippen LogP contribution in [0.2, 0.25) is 10.0 Å². The van der Waals surface area contributed by atoms with Crippen molar-refractivity contribution in [2.75, 3.05) is 0 Å². The third kappa shape index (κ3) is 1.59.